The van der Waals surface area contributed by atoms with Crippen LogP contribution in [0.4, 0.5) is 0 Å². The monoisotopic (exact) mass is 281 g/mol. The zero-order chi connectivity index (χ0) is 14.9. The maximum Gasteiger partial charge on any atom is 0.323 e. The maximum atomic E-state index is 12.4. The maximum absolute atomic E-state index is 12.4. The Hall–Kier alpha value is -0.570. The van der Waals surface area contributed by atoms with Gasteiger partial charge in [-0.1, -0.05) is 13.8 Å². The second-order valence-electron chi connectivity index (χ2n) is 8.00. The lowest BCUT2D eigenvalue weighted by Gasteiger charge is -2.39. The summed E-state index contributed by atoms with van der Waals surface area (Å²) in [5, 5.41) is 0. The molecule has 3 atom stereocenters. The van der Waals surface area contributed by atoms with Crippen LogP contribution >= 0.6 is 0 Å². The molecule has 1 saturated carbocycles. The van der Waals surface area contributed by atoms with Gasteiger partial charge in [-0.25, -0.2) is 0 Å². The molecular formula is C17H31NO2. The number of hydrogen-bond acceptors (Lipinski definition) is 3. The Morgan fingerprint density at radius 2 is 1.70 bits per heavy atom. The van der Waals surface area contributed by atoms with E-state index in [4.69, 9.17) is 4.74 Å². The molecule has 0 N–H and O–H groups in total. The third-order valence-corrected chi connectivity index (χ3v) is 4.60. The molecule has 2 rings (SSSR count). The zero-order valence-corrected chi connectivity index (χ0v) is 13.8. The molecule has 0 bridgehead atoms. The number of nitrogens with zero attached hydrogens (tertiary/aromatic N) is 1. The van der Waals surface area contributed by atoms with Crippen LogP contribution in [-0.4, -0.2) is 35.1 Å². The van der Waals surface area contributed by atoms with Crippen molar-refractivity contribution in [2.75, 3.05) is 6.54 Å². The van der Waals surface area contributed by atoms with Gasteiger partial charge in [0.25, 0.3) is 0 Å². The molecule has 0 aromatic heterocycles. The summed E-state index contributed by atoms with van der Waals surface area (Å²) in [6.07, 6.45) is 5.91. The van der Waals surface area contributed by atoms with Gasteiger partial charge >= 0.3 is 5.97 Å². The van der Waals surface area contributed by atoms with Crippen LogP contribution in [0.25, 0.3) is 0 Å². The minimum Gasteiger partial charge on any atom is -0.459 e. The quantitative estimate of drug-likeness (QED) is 0.724. The van der Waals surface area contributed by atoms with E-state index in [1.54, 1.807) is 0 Å². The standard InChI is InChI=1S/C17H31NO2/c1-12-9-13(2)11-14(10-12)18-8-6-7-15(18)16(19)20-17(3,4)5/h12-15H,6-11H2,1-5H3/t12?,13?,14?,15-/m1/s1. The lowest BCUT2D eigenvalue weighted by molar-refractivity contribution is -0.161. The largest absolute Gasteiger partial charge is 0.459 e. The third-order valence-electron chi connectivity index (χ3n) is 4.60. The Balaban J connectivity index is 2.01. The van der Waals surface area contributed by atoms with Gasteiger partial charge in [0.05, 0.1) is 0 Å². The Bertz CT molecular complexity index is 337. The van der Waals surface area contributed by atoms with Crippen molar-refractivity contribution >= 4 is 5.97 Å². The molecule has 0 radical (unpaired) electrons. The first kappa shape index (κ1) is 15.8. The molecule has 1 aliphatic heterocycles. The second-order valence-corrected chi connectivity index (χ2v) is 8.00. The lowest BCUT2D eigenvalue weighted by Crippen LogP contribution is -2.48. The average molecular weight is 281 g/mol. The predicted molar refractivity (Wildman–Crippen MR) is 81.5 cm³/mol. The van der Waals surface area contributed by atoms with E-state index in [1.165, 1.54) is 19.3 Å². The van der Waals surface area contributed by atoms with E-state index >= 15 is 0 Å². The van der Waals surface area contributed by atoms with Gasteiger partial charge < -0.3 is 4.74 Å². The summed E-state index contributed by atoms with van der Waals surface area (Å²) < 4.78 is 5.62. The van der Waals surface area contributed by atoms with Crippen molar-refractivity contribution in [3.63, 3.8) is 0 Å². The highest BCUT2D eigenvalue weighted by atomic mass is 16.6. The van der Waals surface area contributed by atoms with Gasteiger partial charge in [0.2, 0.25) is 0 Å². The van der Waals surface area contributed by atoms with E-state index < -0.39 is 0 Å². The summed E-state index contributed by atoms with van der Waals surface area (Å²) in [5.41, 5.74) is -0.376. The van der Waals surface area contributed by atoms with Gasteiger partial charge in [-0.2, -0.15) is 0 Å². The molecule has 0 aromatic rings. The van der Waals surface area contributed by atoms with E-state index in [0.717, 1.165) is 31.2 Å². The van der Waals surface area contributed by atoms with Crippen molar-refractivity contribution in [2.24, 2.45) is 11.8 Å². The van der Waals surface area contributed by atoms with Crippen LogP contribution < -0.4 is 0 Å². The SMILES string of the molecule is CC1CC(C)CC(N2CCC[C@@H]2C(=O)OC(C)(C)C)C1. The smallest absolute Gasteiger partial charge is 0.323 e. The Kier molecular flexibility index (Phi) is 4.78. The zero-order valence-electron chi connectivity index (χ0n) is 13.8. The molecule has 1 heterocycles. The van der Waals surface area contributed by atoms with Crippen molar-refractivity contribution < 1.29 is 9.53 Å². The van der Waals surface area contributed by atoms with Gasteiger partial charge in [0.1, 0.15) is 11.6 Å². The molecule has 0 spiro atoms. The Morgan fingerprint density at radius 1 is 1.10 bits per heavy atom. The number of rotatable bonds is 2. The van der Waals surface area contributed by atoms with Gasteiger partial charge in [-0.3, -0.25) is 9.69 Å². The first-order valence-corrected chi connectivity index (χ1v) is 8.25. The van der Waals surface area contributed by atoms with Crippen molar-refractivity contribution in [2.45, 2.75) is 84.4 Å². The third kappa shape index (κ3) is 3.97. The number of hydrogen-bond donors (Lipinski definition) is 0. The molecule has 0 amide bonds. The predicted octanol–water partition coefficient (Wildman–Crippen LogP) is 3.62. The van der Waals surface area contributed by atoms with Crippen LogP contribution in [0.15, 0.2) is 0 Å². The minimum absolute atomic E-state index is 0.00303. The van der Waals surface area contributed by atoms with E-state index in [0.29, 0.717) is 6.04 Å². The summed E-state index contributed by atoms with van der Waals surface area (Å²) >= 11 is 0. The number of carbonyl (C=O) groups is 1. The number of esters is 1. The Labute approximate surface area is 124 Å². The first-order valence-electron chi connectivity index (χ1n) is 8.25. The van der Waals surface area contributed by atoms with E-state index in [1.807, 2.05) is 20.8 Å². The highest BCUT2D eigenvalue weighted by molar-refractivity contribution is 5.76. The van der Waals surface area contributed by atoms with Gasteiger partial charge in [0, 0.05) is 6.04 Å². The minimum atomic E-state index is -0.376. The van der Waals surface area contributed by atoms with Gasteiger partial charge in [-0.15, -0.1) is 0 Å². The molecule has 2 fully saturated rings. The second kappa shape index (κ2) is 6.05. The number of ether oxygens (including phenoxy) is 1. The first-order chi connectivity index (χ1) is 9.26. The van der Waals surface area contributed by atoms with Gasteiger partial charge in [-0.05, 0) is 71.3 Å². The highest BCUT2D eigenvalue weighted by Gasteiger charge is 2.39. The number of carbonyl (C=O) groups excluding carboxylic acids is 1. The average Bonchev–Trinajstić information content (AvgIpc) is 2.73. The molecule has 20 heavy (non-hydrogen) atoms. The van der Waals surface area contributed by atoms with Crippen LogP contribution in [0.2, 0.25) is 0 Å². The van der Waals surface area contributed by atoms with E-state index in [2.05, 4.69) is 18.7 Å². The molecular weight excluding hydrogens is 250 g/mol. The summed E-state index contributed by atoms with van der Waals surface area (Å²) in [4.78, 5) is 14.9. The fraction of sp³-hybridized carbons (Fsp3) is 0.941. The molecule has 2 unspecified atom stereocenters. The van der Waals surface area contributed by atoms with Gasteiger partial charge in [0.15, 0.2) is 0 Å². The van der Waals surface area contributed by atoms with Crippen molar-refractivity contribution in [3.05, 3.63) is 0 Å². The molecule has 2 aliphatic rings. The van der Waals surface area contributed by atoms with E-state index in [-0.39, 0.29) is 17.6 Å². The van der Waals surface area contributed by atoms with Crippen molar-refractivity contribution in [1.82, 2.24) is 4.90 Å². The fourth-order valence-corrected chi connectivity index (χ4v) is 4.02. The van der Waals surface area contributed by atoms with Crippen LogP contribution in [0, 0.1) is 11.8 Å². The summed E-state index contributed by atoms with van der Waals surface area (Å²) in [6, 6.07) is 0.575. The molecule has 0 aromatic carbocycles. The van der Waals surface area contributed by atoms with Crippen molar-refractivity contribution in [3.8, 4) is 0 Å². The van der Waals surface area contributed by atoms with Crippen LogP contribution in [0.1, 0.15) is 66.7 Å². The lowest BCUT2D eigenvalue weighted by atomic mass is 9.79. The molecule has 3 heteroatoms. The fourth-order valence-electron chi connectivity index (χ4n) is 4.02. The van der Waals surface area contributed by atoms with Crippen molar-refractivity contribution in [1.29, 1.82) is 0 Å². The van der Waals surface area contributed by atoms with Crippen LogP contribution in [-0.2, 0) is 9.53 Å². The van der Waals surface area contributed by atoms with Crippen LogP contribution in [0.3, 0.4) is 0 Å². The Morgan fingerprint density at radius 3 is 2.25 bits per heavy atom. The highest BCUT2D eigenvalue weighted by Crippen LogP contribution is 2.35. The molecule has 116 valence electrons. The topological polar surface area (TPSA) is 29.5 Å². The van der Waals surface area contributed by atoms with Crippen LogP contribution in [0.5, 0.6) is 0 Å². The summed E-state index contributed by atoms with van der Waals surface area (Å²) in [7, 11) is 0. The normalized spacial score (nSPS) is 36.0. The molecule has 1 aliphatic carbocycles. The van der Waals surface area contributed by atoms with E-state index in [9.17, 15) is 4.79 Å². The summed E-state index contributed by atoms with van der Waals surface area (Å²) in [6.45, 7) is 11.6. The summed E-state index contributed by atoms with van der Waals surface area (Å²) in [5.74, 6) is 1.55. The molecule has 3 nitrogen and oxygen atoms in total. The molecule has 1 saturated heterocycles. The number of likely N-dealkylation sites (tertiary alicyclic amines) is 1.